The van der Waals surface area contributed by atoms with Gasteiger partial charge in [0.1, 0.15) is 0 Å². The Morgan fingerprint density at radius 1 is 1.40 bits per heavy atom. The van der Waals surface area contributed by atoms with Crippen LogP contribution in [0.2, 0.25) is 0 Å². The Morgan fingerprint density at radius 2 is 2.10 bits per heavy atom. The van der Waals surface area contributed by atoms with E-state index < -0.39 is 5.60 Å². The van der Waals surface area contributed by atoms with Crippen LogP contribution < -0.4 is 5.32 Å². The van der Waals surface area contributed by atoms with Crippen LogP contribution in [0.5, 0.6) is 0 Å². The van der Waals surface area contributed by atoms with E-state index >= 15 is 0 Å². The minimum absolute atomic E-state index is 0.142. The number of hydrogen-bond donors (Lipinski definition) is 3. The van der Waals surface area contributed by atoms with E-state index in [1.165, 1.54) is 0 Å². The largest absolute Gasteiger partial charge is 0.388 e. The van der Waals surface area contributed by atoms with Crippen LogP contribution in [0, 0.1) is 6.92 Å². The first-order valence-electron chi connectivity index (χ1n) is 7.02. The lowest BCUT2D eigenvalue weighted by atomic mass is 10.0. The van der Waals surface area contributed by atoms with Crippen LogP contribution >= 0.6 is 0 Å². The predicted molar refractivity (Wildman–Crippen MR) is 80.9 cm³/mol. The molecule has 1 atom stereocenters. The second kappa shape index (κ2) is 5.67. The first-order chi connectivity index (χ1) is 9.44. The zero-order chi connectivity index (χ0) is 14.8. The van der Waals surface area contributed by atoms with Gasteiger partial charge in [0.25, 0.3) is 5.91 Å². The van der Waals surface area contributed by atoms with Crippen molar-refractivity contribution in [1.82, 2.24) is 10.3 Å². The summed E-state index contributed by atoms with van der Waals surface area (Å²) in [7, 11) is 0. The van der Waals surface area contributed by atoms with Crippen molar-refractivity contribution in [2.24, 2.45) is 0 Å². The minimum atomic E-state index is -0.857. The highest BCUT2D eigenvalue weighted by atomic mass is 16.3. The van der Waals surface area contributed by atoms with Crippen molar-refractivity contribution in [1.29, 1.82) is 0 Å². The third kappa shape index (κ3) is 3.02. The van der Waals surface area contributed by atoms with Gasteiger partial charge in [0.05, 0.1) is 11.2 Å². The second-order valence-electron chi connectivity index (χ2n) is 5.60. The van der Waals surface area contributed by atoms with Crippen molar-refractivity contribution in [3.8, 4) is 0 Å². The van der Waals surface area contributed by atoms with Crippen LogP contribution in [0.15, 0.2) is 24.3 Å². The second-order valence-corrected chi connectivity index (χ2v) is 5.60. The number of aryl methyl sites for hydroxylation is 1. The number of fused-ring (bicyclic) bond motifs is 1. The van der Waals surface area contributed by atoms with Gasteiger partial charge in [0.15, 0.2) is 0 Å². The van der Waals surface area contributed by atoms with E-state index in [1.807, 2.05) is 38.1 Å². The summed E-state index contributed by atoms with van der Waals surface area (Å²) >= 11 is 0. The lowest BCUT2D eigenvalue weighted by molar-refractivity contribution is 0.0470. The quantitative estimate of drug-likeness (QED) is 0.785. The number of hydrogen-bond acceptors (Lipinski definition) is 2. The van der Waals surface area contributed by atoms with E-state index in [0.29, 0.717) is 12.0 Å². The molecule has 108 valence electrons. The van der Waals surface area contributed by atoms with Crippen LogP contribution in [0.3, 0.4) is 0 Å². The van der Waals surface area contributed by atoms with E-state index in [-0.39, 0.29) is 12.5 Å². The van der Waals surface area contributed by atoms with E-state index in [0.717, 1.165) is 23.0 Å². The van der Waals surface area contributed by atoms with Crippen LogP contribution in [0.25, 0.3) is 10.9 Å². The number of amides is 1. The molecule has 0 aliphatic heterocycles. The predicted octanol–water partition coefficient (Wildman–Crippen LogP) is 2.76. The van der Waals surface area contributed by atoms with Crippen molar-refractivity contribution >= 4 is 16.8 Å². The Labute approximate surface area is 119 Å². The Morgan fingerprint density at radius 3 is 2.80 bits per heavy atom. The van der Waals surface area contributed by atoms with Crippen molar-refractivity contribution in [2.75, 3.05) is 6.54 Å². The fourth-order valence-electron chi connectivity index (χ4n) is 2.56. The van der Waals surface area contributed by atoms with Gasteiger partial charge in [0.2, 0.25) is 0 Å². The minimum Gasteiger partial charge on any atom is -0.388 e. The summed E-state index contributed by atoms with van der Waals surface area (Å²) < 4.78 is 0. The molecule has 1 aromatic heterocycles. The van der Waals surface area contributed by atoms with Gasteiger partial charge in [0, 0.05) is 23.1 Å². The summed E-state index contributed by atoms with van der Waals surface area (Å²) in [4.78, 5) is 15.6. The average Bonchev–Trinajstić information content (AvgIpc) is 2.72. The molecule has 0 radical (unpaired) electrons. The molecule has 0 bridgehead atoms. The van der Waals surface area contributed by atoms with Crippen molar-refractivity contribution in [2.45, 2.75) is 39.2 Å². The molecule has 1 heterocycles. The maximum Gasteiger partial charge on any atom is 0.253 e. The van der Waals surface area contributed by atoms with Gasteiger partial charge in [-0.3, -0.25) is 4.79 Å². The van der Waals surface area contributed by atoms with E-state index in [9.17, 15) is 9.90 Å². The molecule has 2 rings (SSSR count). The fourth-order valence-corrected chi connectivity index (χ4v) is 2.56. The lowest BCUT2D eigenvalue weighted by Crippen LogP contribution is -2.40. The zero-order valence-corrected chi connectivity index (χ0v) is 12.3. The molecule has 4 nitrogen and oxygen atoms in total. The van der Waals surface area contributed by atoms with E-state index in [2.05, 4.69) is 10.3 Å². The van der Waals surface area contributed by atoms with E-state index in [4.69, 9.17) is 0 Å². The summed E-state index contributed by atoms with van der Waals surface area (Å²) in [5, 5.41) is 13.9. The number of aliphatic hydroxyl groups is 1. The SMILES string of the molecule is CCCC(C)(O)CNC(=O)c1c(C)[nH]c2ccccc12. The Hall–Kier alpha value is -1.81. The van der Waals surface area contributed by atoms with Crippen molar-refractivity contribution in [3.05, 3.63) is 35.5 Å². The van der Waals surface area contributed by atoms with Crippen LogP contribution in [-0.4, -0.2) is 28.1 Å². The number of carbonyl (C=O) groups is 1. The number of aromatic amines is 1. The highest BCUT2D eigenvalue weighted by molar-refractivity contribution is 6.08. The number of nitrogens with one attached hydrogen (secondary N) is 2. The molecule has 1 amide bonds. The topological polar surface area (TPSA) is 65.1 Å². The van der Waals surface area contributed by atoms with Crippen molar-refractivity contribution in [3.63, 3.8) is 0 Å². The van der Waals surface area contributed by atoms with Gasteiger partial charge in [-0.15, -0.1) is 0 Å². The lowest BCUT2D eigenvalue weighted by Gasteiger charge is -2.22. The third-order valence-electron chi connectivity index (χ3n) is 3.54. The van der Waals surface area contributed by atoms with Gasteiger partial charge in [-0.05, 0) is 26.3 Å². The molecular formula is C16H22N2O2. The standard InChI is InChI=1S/C16H22N2O2/c1-4-9-16(3,20)10-17-15(19)14-11(2)18-13-8-6-5-7-12(13)14/h5-8,18,20H,4,9-10H2,1-3H3,(H,17,19). The summed E-state index contributed by atoms with van der Waals surface area (Å²) in [5.41, 5.74) is 1.60. The van der Waals surface area contributed by atoms with Gasteiger partial charge >= 0.3 is 0 Å². The van der Waals surface area contributed by atoms with Crippen LogP contribution in [0.4, 0.5) is 0 Å². The molecule has 2 aromatic rings. The maximum atomic E-state index is 12.3. The molecule has 20 heavy (non-hydrogen) atoms. The number of rotatable bonds is 5. The molecule has 0 aliphatic rings. The number of benzene rings is 1. The summed E-state index contributed by atoms with van der Waals surface area (Å²) in [6.45, 7) is 5.91. The summed E-state index contributed by atoms with van der Waals surface area (Å²) in [6, 6.07) is 7.73. The number of H-pyrrole nitrogens is 1. The van der Waals surface area contributed by atoms with Gasteiger partial charge in [-0.1, -0.05) is 31.5 Å². The first-order valence-corrected chi connectivity index (χ1v) is 7.02. The van der Waals surface area contributed by atoms with Gasteiger partial charge < -0.3 is 15.4 Å². The normalized spacial score (nSPS) is 14.2. The molecule has 1 unspecified atom stereocenters. The Balaban J connectivity index is 2.18. The highest BCUT2D eigenvalue weighted by Gasteiger charge is 2.22. The third-order valence-corrected chi connectivity index (χ3v) is 3.54. The number of para-hydroxylation sites is 1. The molecule has 3 N–H and O–H groups in total. The van der Waals surface area contributed by atoms with Crippen LogP contribution in [0.1, 0.15) is 42.7 Å². The molecular weight excluding hydrogens is 252 g/mol. The number of carbonyl (C=O) groups excluding carboxylic acids is 1. The highest BCUT2D eigenvalue weighted by Crippen LogP contribution is 2.21. The summed E-state index contributed by atoms with van der Waals surface area (Å²) in [5.74, 6) is -0.142. The Kier molecular flexibility index (Phi) is 4.14. The molecule has 1 aromatic carbocycles. The average molecular weight is 274 g/mol. The van der Waals surface area contributed by atoms with E-state index in [1.54, 1.807) is 6.92 Å². The molecule has 0 fully saturated rings. The molecule has 0 saturated carbocycles. The van der Waals surface area contributed by atoms with Crippen LogP contribution in [-0.2, 0) is 0 Å². The van der Waals surface area contributed by atoms with Crippen molar-refractivity contribution < 1.29 is 9.90 Å². The van der Waals surface area contributed by atoms with Gasteiger partial charge in [-0.25, -0.2) is 0 Å². The Bertz CT molecular complexity index is 614. The number of aromatic nitrogens is 1. The smallest absolute Gasteiger partial charge is 0.253 e. The fraction of sp³-hybridized carbons (Fsp3) is 0.438. The monoisotopic (exact) mass is 274 g/mol. The summed E-state index contributed by atoms with van der Waals surface area (Å²) in [6.07, 6.45) is 1.55. The molecule has 4 heteroatoms. The zero-order valence-electron chi connectivity index (χ0n) is 12.3. The molecule has 0 spiro atoms. The van der Waals surface area contributed by atoms with Gasteiger partial charge in [-0.2, -0.15) is 0 Å². The molecule has 0 aliphatic carbocycles. The maximum absolute atomic E-state index is 12.3. The first kappa shape index (κ1) is 14.6. The molecule has 0 saturated heterocycles.